The van der Waals surface area contributed by atoms with Gasteiger partial charge < -0.3 is 15.4 Å². The Balaban J connectivity index is 2.14. The van der Waals surface area contributed by atoms with Crippen LogP contribution in [0.2, 0.25) is 0 Å². The van der Waals surface area contributed by atoms with Gasteiger partial charge in [0.1, 0.15) is 11.8 Å². The first-order valence-corrected chi connectivity index (χ1v) is 7.82. The van der Waals surface area contributed by atoms with E-state index in [-0.39, 0.29) is 11.9 Å². The second-order valence-electron chi connectivity index (χ2n) is 5.61. The Morgan fingerprint density at radius 1 is 1.13 bits per heavy atom. The third-order valence-corrected chi connectivity index (χ3v) is 3.81. The molecule has 0 aliphatic rings. The molecule has 0 radical (unpaired) electrons. The van der Waals surface area contributed by atoms with Crippen LogP contribution in [0, 0.1) is 13.8 Å². The Morgan fingerprint density at radius 3 is 2.57 bits per heavy atom. The van der Waals surface area contributed by atoms with E-state index in [2.05, 4.69) is 10.6 Å². The molecule has 4 nitrogen and oxygen atoms in total. The Kier molecular flexibility index (Phi) is 5.63. The molecule has 122 valence electrons. The smallest absolute Gasteiger partial charge is 0.246 e. The molecule has 0 aliphatic carbocycles. The maximum Gasteiger partial charge on any atom is 0.246 e. The number of ether oxygens (including phenoxy) is 1. The van der Waals surface area contributed by atoms with E-state index in [0.29, 0.717) is 6.42 Å². The van der Waals surface area contributed by atoms with Gasteiger partial charge in [0.15, 0.2) is 0 Å². The number of carbonyl (C=O) groups is 1. The Morgan fingerprint density at radius 2 is 1.87 bits per heavy atom. The summed E-state index contributed by atoms with van der Waals surface area (Å²) in [4.78, 5) is 12.6. The number of rotatable bonds is 6. The molecule has 2 aromatic carbocycles. The summed E-state index contributed by atoms with van der Waals surface area (Å²) in [5.74, 6) is 0.678. The number of amides is 1. The van der Waals surface area contributed by atoms with Gasteiger partial charge in [-0.05, 0) is 49.6 Å². The predicted octanol–water partition coefficient (Wildman–Crippen LogP) is 4.14. The van der Waals surface area contributed by atoms with Crippen molar-refractivity contribution in [2.24, 2.45) is 0 Å². The standard InChI is InChI=1S/C19H24N2O2/c1-5-15(20-16-8-6-7-9-18(16)23-4)19(22)21-17-12-13(2)10-11-14(17)3/h6-12,15,20H,5H2,1-4H3,(H,21,22). The summed E-state index contributed by atoms with van der Waals surface area (Å²) in [5.41, 5.74) is 3.85. The molecule has 0 saturated heterocycles. The molecule has 1 unspecified atom stereocenters. The van der Waals surface area contributed by atoms with Gasteiger partial charge in [0.05, 0.1) is 12.8 Å². The normalized spacial score (nSPS) is 11.7. The monoisotopic (exact) mass is 312 g/mol. The van der Waals surface area contributed by atoms with E-state index in [9.17, 15) is 4.79 Å². The van der Waals surface area contributed by atoms with Crippen LogP contribution in [0.4, 0.5) is 11.4 Å². The summed E-state index contributed by atoms with van der Waals surface area (Å²) in [7, 11) is 1.62. The minimum Gasteiger partial charge on any atom is -0.495 e. The number of hydrogen-bond acceptors (Lipinski definition) is 3. The minimum absolute atomic E-state index is 0.0490. The third kappa shape index (κ3) is 4.25. The second kappa shape index (κ2) is 7.68. The largest absolute Gasteiger partial charge is 0.495 e. The highest BCUT2D eigenvalue weighted by Gasteiger charge is 2.18. The average molecular weight is 312 g/mol. The number of methoxy groups -OCH3 is 1. The van der Waals surface area contributed by atoms with Crippen molar-refractivity contribution in [2.45, 2.75) is 33.2 Å². The van der Waals surface area contributed by atoms with Crippen molar-refractivity contribution >= 4 is 17.3 Å². The van der Waals surface area contributed by atoms with Crippen LogP contribution in [0.1, 0.15) is 24.5 Å². The number of para-hydroxylation sites is 2. The van der Waals surface area contributed by atoms with E-state index in [1.165, 1.54) is 0 Å². The molecule has 0 aliphatic heterocycles. The topological polar surface area (TPSA) is 50.4 Å². The summed E-state index contributed by atoms with van der Waals surface area (Å²) in [6.45, 7) is 5.99. The van der Waals surface area contributed by atoms with Gasteiger partial charge >= 0.3 is 0 Å². The van der Waals surface area contributed by atoms with Gasteiger partial charge in [-0.2, -0.15) is 0 Å². The molecule has 23 heavy (non-hydrogen) atoms. The average Bonchev–Trinajstić information content (AvgIpc) is 2.56. The maximum atomic E-state index is 12.6. The van der Waals surface area contributed by atoms with Gasteiger partial charge in [0.2, 0.25) is 5.91 Å². The fourth-order valence-corrected chi connectivity index (χ4v) is 2.39. The van der Waals surface area contributed by atoms with Gasteiger partial charge in [0.25, 0.3) is 0 Å². The van der Waals surface area contributed by atoms with Crippen LogP contribution in [0.25, 0.3) is 0 Å². The number of carbonyl (C=O) groups excluding carboxylic acids is 1. The molecule has 1 atom stereocenters. The molecule has 2 aromatic rings. The quantitative estimate of drug-likeness (QED) is 0.843. The number of anilines is 2. The van der Waals surface area contributed by atoms with Crippen LogP contribution >= 0.6 is 0 Å². The van der Waals surface area contributed by atoms with Crippen molar-refractivity contribution in [2.75, 3.05) is 17.7 Å². The van der Waals surface area contributed by atoms with Crippen molar-refractivity contribution in [3.8, 4) is 5.75 Å². The second-order valence-corrected chi connectivity index (χ2v) is 5.61. The van der Waals surface area contributed by atoms with Gasteiger partial charge in [0, 0.05) is 5.69 Å². The Bertz CT molecular complexity index is 683. The lowest BCUT2D eigenvalue weighted by Gasteiger charge is -2.20. The third-order valence-electron chi connectivity index (χ3n) is 3.81. The highest BCUT2D eigenvalue weighted by molar-refractivity contribution is 5.97. The highest BCUT2D eigenvalue weighted by Crippen LogP contribution is 2.25. The zero-order valence-electron chi connectivity index (χ0n) is 14.1. The molecule has 1 amide bonds. The van der Waals surface area contributed by atoms with Gasteiger partial charge in [-0.25, -0.2) is 0 Å². The Labute approximate surface area is 137 Å². The summed E-state index contributed by atoms with van der Waals surface area (Å²) in [6.07, 6.45) is 0.675. The van der Waals surface area contributed by atoms with Crippen LogP contribution in [-0.4, -0.2) is 19.1 Å². The van der Waals surface area contributed by atoms with Crippen molar-refractivity contribution < 1.29 is 9.53 Å². The van der Waals surface area contributed by atoms with E-state index in [1.807, 2.05) is 63.2 Å². The lowest BCUT2D eigenvalue weighted by Crippen LogP contribution is -2.34. The molecule has 0 saturated carbocycles. The zero-order chi connectivity index (χ0) is 16.8. The molecule has 0 bridgehead atoms. The number of hydrogen-bond donors (Lipinski definition) is 2. The first-order chi connectivity index (χ1) is 11.0. The molecule has 2 rings (SSSR count). The fraction of sp³-hybridized carbons (Fsp3) is 0.316. The summed E-state index contributed by atoms with van der Waals surface area (Å²) in [5, 5.41) is 6.28. The molecule has 0 fully saturated rings. The molecule has 4 heteroatoms. The van der Waals surface area contributed by atoms with E-state index in [4.69, 9.17) is 4.74 Å². The molecule has 0 heterocycles. The SMILES string of the molecule is CCC(Nc1ccccc1OC)C(=O)Nc1cc(C)ccc1C. The number of benzene rings is 2. The molecular weight excluding hydrogens is 288 g/mol. The minimum atomic E-state index is -0.328. The van der Waals surface area contributed by atoms with Crippen molar-refractivity contribution in [1.29, 1.82) is 0 Å². The van der Waals surface area contributed by atoms with E-state index >= 15 is 0 Å². The summed E-state index contributed by atoms with van der Waals surface area (Å²) >= 11 is 0. The molecule has 0 spiro atoms. The van der Waals surface area contributed by atoms with Crippen molar-refractivity contribution in [3.05, 3.63) is 53.6 Å². The van der Waals surface area contributed by atoms with Crippen LogP contribution in [-0.2, 0) is 4.79 Å². The first-order valence-electron chi connectivity index (χ1n) is 7.82. The molecule has 2 N–H and O–H groups in total. The van der Waals surface area contributed by atoms with Gasteiger partial charge in [-0.1, -0.05) is 31.2 Å². The van der Waals surface area contributed by atoms with Gasteiger partial charge in [-0.3, -0.25) is 4.79 Å². The zero-order valence-corrected chi connectivity index (χ0v) is 14.1. The lowest BCUT2D eigenvalue weighted by molar-refractivity contribution is -0.117. The first kappa shape index (κ1) is 16.9. The van der Waals surface area contributed by atoms with Crippen LogP contribution in [0.3, 0.4) is 0 Å². The molecular formula is C19H24N2O2. The van der Waals surface area contributed by atoms with Crippen molar-refractivity contribution in [1.82, 2.24) is 0 Å². The van der Waals surface area contributed by atoms with Gasteiger partial charge in [-0.15, -0.1) is 0 Å². The predicted molar refractivity (Wildman–Crippen MR) is 95.2 cm³/mol. The highest BCUT2D eigenvalue weighted by atomic mass is 16.5. The molecule has 0 aromatic heterocycles. The number of aryl methyl sites for hydroxylation is 2. The van der Waals surface area contributed by atoms with E-state index < -0.39 is 0 Å². The lowest BCUT2D eigenvalue weighted by atomic mass is 10.1. The van der Waals surface area contributed by atoms with Crippen LogP contribution in [0.15, 0.2) is 42.5 Å². The van der Waals surface area contributed by atoms with Crippen LogP contribution < -0.4 is 15.4 Å². The van der Waals surface area contributed by atoms with Crippen LogP contribution in [0.5, 0.6) is 5.75 Å². The fourth-order valence-electron chi connectivity index (χ4n) is 2.39. The summed E-state index contributed by atoms with van der Waals surface area (Å²) in [6, 6.07) is 13.3. The number of nitrogens with one attached hydrogen (secondary N) is 2. The van der Waals surface area contributed by atoms with Crippen molar-refractivity contribution in [3.63, 3.8) is 0 Å². The Hall–Kier alpha value is -2.49. The van der Waals surface area contributed by atoms with E-state index in [0.717, 1.165) is 28.3 Å². The summed E-state index contributed by atoms with van der Waals surface area (Å²) < 4.78 is 5.33. The van der Waals surface area contributed by atoms with E-state index in [1.54, 1.807) is 7.11 Å². The maximum absolute atomic E-state index is 12.6.